The van der Waals surface area contributed by atoms with Crippen molar-refractivity contribution in [1.82, 2.24) is 4.98 Å². The quantitative estimate of drug-likeness (QED) is 0.847. The lowest BCUT2D eigenvalue weighted by Gasteiger charge is -2.41. The first kappa shape index (κ1) is 11.6. The van der Waals surface area contributed by atoms with Crippen LogP contribution in [-0.2, 0) is 6.42 Å². The minimum absolute atomic E-state index is 0.0222. The van der Waals surface area contributed by atoms with Crippen molar-refractivity contribution in [3.63, 3.8) is 0 Å². The molecule has 1 saturated carbocycles. The molecule has 1 aliphatic rings. The number of nitrogens with zero attached hydrogens (tertiary/aromatic N) is 1. The van der Waals surface area contributed by atoms with Gasteiger partial charge in [-0.05, 0) is 42.9 Å². The van der Waals surface area contributed by atoms with Crippen LogP contribution in [0.15, 0.2) is 24.5 Å². The van der Waals surface area contributed by atoms with Crippen molar-refractivity contribution in [2.75, 3.05) is 0 Å². The van der Waals surface area contributed by atoms with Gasteiger partial charge in [-0.25, -0.2) is 0 Å². The van der Waals surface area contributed by atoms with Gasteiger partial charge in [-0.15, -0.1) is 0 Å². The summed E-state index contributed by atoms with van der Waals surface area (Å²) in [7, 11) is 0. The van der Waals surface area contributed by atoms with Gasteiger partial charge in [-0.3, -0.25) is 4.98 Å². The molecule has 1 fully saturated rings. The molecular formula is C14H22N2. The van der Waals surface area contributed by atoms with Crippen LogP contribution in [0, 0.1) is 5.92 Å². The molecular weight excluding hydrogens is 196 g/mol. The van der Waals surface area contributed by atoms with E-state index in [1.165, 1.54) is 37.7 Å². The fraction of sp³-hybridized carbons (Fsp3) is 0.643. The molecule has 0 amide bonds. The van der Waals surface area contributed by atoms with Gasteiger partial charge in [0, 0.05) is 17.9 Å². The molecule has 0 aromatic carbocycles. The Kier molecular flexibility index (Phi) is 3.59. The van der Waals surface area contributed by atoms with Crippen molar-refractivity contribution >= 4 is 0 Å². The van der Waals surface area contributed by atoms with E-state index in [-0.39, 0.29) is 5.54 Å². The molecule has 0 saturated heterocycles. The Labute approximate surface area is 98.3 Å². The van der Waals surface area contributed by atoms with Crippen molar-refractivity contribution in [2.45, 2.75) is 51.0 Å². The third kappa shape index (κ3) is 2.43. The highest BCUT2D eigenvalue weighted by atomic mass is 14.8. The fourth-order valence-corrected chi connectivity index (χ4v) is 3.06. The molecule has 16 heavy (non-hydrogen) atoms. The molecule has 2 heteroatoms. The third-order valence-corrected chi connectivity index (χ3v) is 4.03. The standard InChI is InChI=1S/C14H22N2/c1-2-13-5-3-4-8-14(13,15)11-12-6-9-16-10-7-12/h6-7,9-10,13H,2-5,8,11,15H2,1H3. The summed E-state index contributed by atoms with van der Waals surface area (Å²) in [5, 5.41) is 0. The minimum atomic E-state index is 0.0222. The molecule has 2 atom stereocenters. The molecule has 2 unspecified atom stereocenters. The second-order valence-electron chi connectivity index (χ2n) is 5.12. The van der Waals surface area contributed by atoms with Crippen molar-refractivity contribution in [3.05, 3.63) is 30.1 Å². The first-order chi connectivity index (χ1) is 7.74. The summed E-state index contributed by atoms with van der Waals surface area (Å²) in [6.07, 6.45) is 11.1. The molecule has 2 nitrogen and oxygen atoms in total. The third-order valence-electron chi connectivity index (χ3n) is 4.03. The lowest BCUT2D eigenvalue weighted by Crippen LogP contribution is -2.50. The van der Waals surface area contributed by atoms with Gasteiger partial charge in [0.15, 0.2) is 0 Å². The molecule has 88 valence electrons. The number of hydrogen-bond donors (Lipinski definition) is 1. The Morgan fingerprint density at radius 2 is 2.12 bits per heavy atom. The topological polar surface area (TPSA) is 38.9 Å². The van der Waals surface area contributed by atoms with Crippen LogP contribution in [0.4, 0.5) is 0 Å². The van der Waals surface area contributed by atoms with E-state index in [0.717, 1.165) is 6.42 Å². The van der Waals surface area contributed by atoms with Crippen molar-refractivity contribution < 1.29 is 0 Å². The summed E-state index contributed by atoms with van der Waals surface area (Å²) in [6, 6.07) is 4.19. The largest absolute Gasteiger partial charge is 0.325 e. The maximum atomic E-state index is 6.63. The van der Waals surface area contributed by atoms with E-state index < -0.39 is 0 Å². The van der Waals surface area contributed by atoms with Gasteiger partial charge < -0.3 is 5.73 Å². The van der Waals surface area contributed by atoms with Gasteiger partial charge in [0.25, 0.3) is 0 Å². The Balaban J connectivity index is 2.11. The van der Waals surface area contributed by atoms with E-state index in [1.54, 1.807) is 0 Å². The highest BCUT2D eigenvalue weighted by molar-refractivity contribution is 5.15. The normalized spacial score (nSPS) is 30.2. The lowest BCUT2D eigenvalue weighted by molar-refractivity contribution is 0.182. The van der Waals surface area contributed by atoms with Crippen LogP contribution in [0.1, 0.15) is 44.6 Å². The molecule has 0 bridgehead atoms. The summed E-state index contributed by atoms with van der Waals surface area (Å²) in [6.45, 7) is 2.27. The van der Waals surface area contributed by atoms with Crippen molar-refractivity contribution in [1.29, 1.82) is 0 Å². The Morgan fingerprint density at radius 3 is 2.81 bits per heavy atom. The second-order valence-corrected chi connectivity index (χ2v) is 5.12. The first-order valence-electron chi connectivity index (χ1n) is 6.42. The highest BCUT2D eigenvalue weighted by Crippen LogP contribution is 2.36. The molecule has 1 aliphatic carbocycles. The van der Waals surface area contributed by atoms with Crippen LogP contribution in [0.25, 0.3) is 0 Å². The summed E-state index contributed by atoms with van der Waals surface area (Å²) in [5.74, 6) is 0.689. The average Bonchev–Trinajstić information content (AvgIpc) is 2.30. The zero-order valence-corrected chi connectivity index (χ0v) is 10.2. The number of aromatic nitrogens is 1. The van der Waals surface area contributed by atoms with Crippen molar-refractivity contribution in [2.24, 2.45) is 11.7 Å². The molecule has 0 radical (unpaired) electrons. The summed E-state index contributed by atoms with van der Waals surface area (Å²) in [5.41, 5.74) is 7.98. The zero-order chi connectivity index (χ0) is 11.4. The van der Waals surface area contributed by atoms with Gasteiger partial charge in [0.2, 0.25) is 0 Å². The molecule has 1 aromatic heterocycles. The molecule has 2 rings (SSSR count). The van der Waals surface area contributed by atoms with Crippen LogP contribution < -0.4 is 5.73 Å². The predicted octanol–water partition coefficient (Wildman–Crippen LogP) is 2.92. The number of nitrogens with two attached hydrogens (primary N) is 1. The van der Waals surface area contributed by atoms with E-state index in [9.17, 15) is 0 Å². The molecule has 2 N–H and O–H groups in total. The van der Waals surface area contributed by atoms with Gasteiger partial charge in [-0.1, -0.05) is 26.2 Å². The van der Waals surface area contributed by atoms with E-state index >= 15 is 0 Å². The number of rotatable bonds is 3. The van der Waals surface area contributed by atoms with E-state index in [2.05, 4.69) is 24.0 Å². The molecule has 0 aliphatic heterocycles. The van der Waals surface area contributed by atoms with Crippen LogP contribution >= 0.6 is 0 Å². The van der Waals surface area contributed by atoms with Gasteiger partial charge in [-0.2, -0.15) is 0 Å². The summed E-state index contributed by atoms with van der Waals surface area (Å²) >= 11 is 0. The van der Waals surface area contributed by atoms with Crippen LogP contribution in [-0.4, -0.2) is 10.5 Å². The summed E-state index contributed by atoms with van der Waals surface area (Å²) < 4.78 is 0. The smallest absolute Gasteiger partial charge is 0.0270 e. The van der Waals surface area contributed by atoms with Crippen LogP contribution in [0.2, 0.25) is 0 Å². The van der Waals surface area contributed by atoms with Crippen molar-refractivity contribution in [3.8, 4) is 0 Å². The van der Waals surface area contributed by atoms with Crippen LogP contribution in [0.3, 0.4) is 0 Å². The zero-order valence-electron chi connectivity index (χ0n) is 10.2. The average molecular weight is 218 g/mol. The van der Waals surface area contributed by atoms with E-state index in [0.29, 0.717) is 5.92 Å². The van der Waals surface area contributed by atoms with E-state index in [4.69, 9.17) is 5.73 Å². The number of pyridine rings is 1. The Bertz CT molecular complexity index is 323. The molecule has 0 spiro atoms. The van der Waals surface area contributed by atoms with Gasteiger partial charge in [0.1, 0.15) is 0 Å². The first-order valence-corrected chi connectivity index (χ1v) is 6.42. The Morgan fingerprint density at radius 1 is 1.38 bits per heavy atom. The summed E-state index contributed by atoms with van der Waals surface area (Å²) in [4.78, 5) is 4.06. The minimum Gasteiger partial charge on any atom is -0.325 e. The maximum absolute atomic E-state index is 6.63. The predicted molar refractivity (Wildman–Crippen MR) is 67.1 cm³/mol. The fourth-order valence-electron chi connectivity index (χ4n) is 3.06. The monoisotopic (exact) mass is 218 g/mol. The SMILES string of the molecule is CCC1CCCCC1(N)Cc1ccncc1. The molecule has 1 aromatic rings. The molecule has 1 heterocycles. The van der Waals surface area contributed by atoms with Crippen LogP contribution in [0.5, 0.6) is 0 Å². The van der Waals surface area contributed by atoms with E-state index in [1.807, 2.05) is 12.4 Å². The lowest BCUT2D eigenvalue weighted by atomic mass is 9.69. The highest BCUT2D eigenvalue weighted by Gasteiger charge is 2.35. The Hall–Kier alpha value is -0.890. The van der Waals surface area contributed by atoms with Gasteiger partial charge in [0.05, 0.1) is 0 Å². The number of hydrogen-bond acceptors (Lipinski definition) is 2. The van der Waals surface area contributed by atoms with Gasteiger partial charge >= 0.3 is 0 Å². The second kappa shape index (κ2) is 4.96. The maximum Gasteiger partial charge on any atom is 0.0270 e.